The van der Waals surface area contributed by atoms with E-state index in [-0.39, 0.29) is 5.54 Å². The molecule has 3 heteroatoms. The van der Waals surface area contributed by atoms with Gasteiger partial charge in [-0.2, -0.15) is 0 Å². The summed E-state index contributed by atoms with van der Waals surface area (Å²) in [5.74, 6) is 0. The van der Waals surface area contributed by atoms with E-state index in [9.17, 15) is 0 Å². The molecule has 1 heterocycles. The van der Waals surface area contributed by atoms with Gasteiger partial charge in [-0.05, 0) is 20.4 Å². The molecule has 12 heavy (non-hydrogen) atoms. The van der Waals surface area contributed by atoms with Gasteiger partial charge in [-0.1, -0.05) is 0 Å². The van der Waals surface area contributed by atoms with E-state index in [2.05, 4.69) is 18.9 Å². The van der Waals surface area contributed by atoms with Gasteiger partial charge in [0.1, 0.15) is 0 Å². The number of likely N-dealkylation sites (N-methyl/N-ethyl adjacent to an activating group) is 1. The predicted molar refractivity (Wildman–Crippen MR) is 48.3 cm³/mol. The molecule has 72 valence electrons. The zero-order valence-corrected chi connectivity index (χ0v) is 8.46. The molecule has 1 aliphatic rings. The molecule has 0 spiro atoms. The summed E-state index contributed by atoms with van der Waals surface area (Å²) in [5, 5.41) is 0. The van der Waals surface area contributed by atoms with Crippen LogP contribution in [-0.2, 0) is 9.47 Å². The molecule has 0 aromatic carbocycles. The van der Waals surface area contributed by atoms with Crippen LogP contribution < -0.4 is 0 Å². The number of hydrogen-bond donors (Lipinski definition) is 0. The van der Waals surface area contributed by atoms with Crippen LogP contribution in [0.4, 0.5) is 0 Å². The van der Waals surface area contributed by atoms with Gasteiger partial charge in [0.25, 0.3) is 0 Å². The SMILES string of the molecule is COC[C@@]1(C)C[C@@H](OC)CN1C. The van der Waals surface area contributed by atoms with E-state index < -0.39 is 0 Å². The minimum Gasteiger partial charge on any atom is -0.383 e. The first-order valence-corrected chi connectivity index (χ1v) is 4.35. The van der Waals surface area contributed by atoms with E-state index in [1.807, 2.05) is 0 Å². The van der Waals surface area contributed by atoms with Crippen LogP contribution in [0.2, 0.25) is 0 Å². The highest BCUT2D eigenvalue weighted by molar-refractivity contribution is 4.95. The number of nitrogens with zero attached hydrogens (tertiary/aromatic N) is 1. The van der Waals surface area contributed by atoms with Crippen molar-refractivity contribution in [3.8, 4) is 0 Å². The molecule has 1 rings (SSSR count). The third-order valence-corrected chi connectivity index (χ3v) is 2.86. The van der Waals surface area contributed by atoms with Gasteiger partial charge in [-0.3, -0.25) is 4.90 Å². The monoisotopic (exact) mass is 173 g/mol. The van der Waals surface area contributed by atoms with Crippen LogP contribution in [0.1, 0.15) is 13.3 Å². The molecule has 0 bridgehead atoms. The van der Waals surface area contributed by atoms with Gasteiger partial charge >= 0.3 is 0 Å². The Bertz CT molecular complexity index is 151. The van der Waals surface area contributed by atoms with Crippen LogP contribution in [0.3, 0.4) is 0 Å². The van der Waals surface area contributed by atoms with Crippen molar-refractivity contribution in [2.75, 3.05) is 34.4 Å². The summed E-state index contributed by atoms with van der Waals surface area (Å²) < 4.78 is 10.5. The van der Waals surface area contributed by atoms with Gasteiger partial charge < -0.3 is 9.47 Å². The zero-order valence-electron chi connectivity index (χ0n) is 8.46. The third-order valence-electron chi connectivity index (χ3n) is 2.86. The largest absolute Gasteiger partial charge is 0.383 e. The Kier molecular flexibility index (Phi) is 3.09. The maximum absolute atomic E-state index is 5.33. The van der Waals surface area contributed by atoms with E-state index in [1.165, 1.54) is 0 Å². The summed E-state index contributed by atoms with van der Waals surface area (Å²) in [4.78, 5) is 2.31. The molecular weight excluding hydrogens is 154 g/mol. The van der Waals surface area contributed by atoms with Crippen molar-refractivity contribution in [3.05, 3.63) is 0 Å². The van der Waals surface area contributed by atoms with Crippen molar-refractivity contribution in [2.24, 2.45) is 0 Å². The number of methoxy groups -OCH3 is 2. The second kappa shape index (κ2) is 3.73. The highest BCUT2D eigenvalue weighted by Gasteiger charge is 2.39. The van der Waals surface area contributed by atoms with E-state index in [4.69, 9.17) is 9.47 Å². The molecule has 1 saturated heterocycles. The van der Waals surface area contributed by atoms with Crippen molar-refractivity contribution < 1.29 is 9.47 Å². The highest BCUT2D eigenvalue weighted by Crippen LogP contribution is 2.28. The smallest absolute Gasteiger partial charge is 0.0716 e. The molecular formula is C9H19NO2. The third kappa shape index (κ3) is 1.79. The molecule has 0 saturated carbocycles. The molecule has 0 aromatic rings. The Balaban J connectivity index is 2.54. The molecule has 0 aliphatic carbocycles. The molecule has 0 N–H and O–H groups in total. The van der Waals surface area contributed by atoms with E-state index in [0.29, 0.717) is 6.10 Å². The van der Waals surface area contributed by atoms with Crippen molar-refractivity contribution >= 4 is 0 Å². The zero-order chi connectivity index (χ0) is 9.19. The Morgan fingerprint density at radius 2 is 2.17 bits per heavy atom. The summed E-state index contributed by atoms with van der Waals surface area (Å²) >= 11 is 0. The highest BCUT2D eigenvalue weighted by atomic mass is 16.5. The Labute approximate surface area is 74.6 Å². The number of likely N-dealkylation sites (tertiary alicyclic amines) is 1. The molecule has 3 nitrogen and oxygen atoms in total. The van der Waals surface area contributed by atoms with Crippen molar-refractivity contribution in [2.45, 2.75) is 25.0 Å². The summed E-state index contributed by atoms with van der Waals surface area (Å²) in [6.45, 7) is 4.01. The number of hydrogen-bond acceptors (Lipinski definition) is 3. The molecule has 1 fully saturated rings. The van der Waals surface area contributed by atoms with Crippen LogP contribution in [0, 0.1) is 0 Å². The molecule has 0 amide bonds. The topological polar surface area (TPSA) is 21.7 Å². The van der Waals surface area contributed by atoms with Crippen LogP contribution >= 0.6 is 0 Å². The van der Waals surface area contributed by atoms with E-state index in [1.54, 1.807) is 14.2 Å². The lowest BCUT2D eigenvalue weighted by molar-refractivity contribution is 0.0640. The lowest BCUT2D eigenvalue weighted by Gasteiger charge is -2.30. The minimum absolute atomic E-state index is 0.162. The molecule has 2 atom stereocenters. The van der Waals surface area contributed by atoms with Gasteiger partial charge in [-0.15, -0.1) is 0 Å². The second-order valence-corrected chi connectivity index (χ2v) is 3.87. The first kappa shape index (κ1) is 9.96. The molecule has 0 unspecified atom stereocenters. The Morgan fingerprint density at radius 3 is 2.58 bits per heavy atom. The second-order valence-electron chi connectivity index (χ2n) is 3.87. The number of rotatable bonds is 3. The summed E-state index contributed by atoms with van der Waals surface area (Å²) in [6, 6.07) is 0. The van der Waals surface area contributed by atoms with Crippen molar-refractivity contribution in [3.63, 3.8) is 0 Å². The van der Waals surface area contributed by atoms with Gasteiger partial charge in [0, 0.05) is 26.3 Å². The van der Waals surface area contributed by atoms with Gasteiger partial charge in [0.05, 0.1) is 12.7 Å². The number of ether oxygens (including phenoxy) is 2. The standard InChI is InChI=1S/C9H19NO2/c1-9(7-11-3)5-8(12-4)6-10(9)2/h8H,5-7H2,1-4H3/t8-,9-/m1/s1. The predicted octanol–water partition coefficient (Wildman–Crippen LogP) is 0.742. The lowest BCUT2D eigenvalue weighted by atomic mass is 10.00. The maximum Gasteiger partial charge on any atom is 0.0716 e. The first-order valence-electron chi connectivity index (χ1n) is 4.35. The van der Waals surface area contributed by atoms with Crippen molar-refractivity contribution in [1.29, 1.82) is 0 Å². The van der Waals surface area contributed by atoms with Crippen molar-refractivity contribution in [1.82, 2.24) is 4.90 Å². The van der Waals surface area contributed by atoms with E-state index in [0.717, 1.165) is 19.6 Å². The molecule has 0 aromatic heterocycles. The normalized spacial score (nSPS) is 37.5. The first-order chi connectivity index (χ1) is 5.62. The average Bonchev–Trinajstić information content (AvgIpc) is 2.29. The summed E-state index contributed by atoms with van der Waals surface area (Å²) in [6.07, 6.45) is 1.43. The summed E-state index contributed by atoms with van der Waals surface area (Å²) in [7, 11) is 5.65. The Hall–Kier alpha value is -0.120. The fourth-order valence-electron chi connectivity index (χ4n) is 1.87. The van der Waals surface area contributed by atoms with Crippen LogP contribution in [0.5, 0.6) is 0 Å². The van der Waals surface area contributed by atoms with Gasteiger partial charge in [-0.25, -0.2) is 0 Å². The Morgan fingerprint density at radius 1 is 1.50 bits per heavy atom. The summed E-state index contributed by atoms with van der Waals surface area (Å²) in [5.41, 5.74) is 0.162. The van der Waals surface area contributed by atoms with Crippen LogP contribution in [-0.4, -0.2) is 51.0 Å². The quantitative estimate of drug-likeness (QED) is 0.628. The maximum atomic E-state index is 5.33. The molecule has 1 aliphatic heterocycles. The molecule has 0 radical (unpaired) electrons. The average molecular weight is 173 g/mol. The van der Waals surface area contributed by atoms with Crippen LogP contribution in [0.15, 0.2) is 0 Å². The fourth-order valence-corrected chi connectivity index (χ4v) is 1.87. The minimum atomic E-state index is 0.162. The lowest BCUT2D eigenvalue weighted by Crippen LogP contribution is -2.42. The van der Waals surface area contributed by atoms with Gasteiger partial charge in [0.2, 0.25) is 0 Å². The fraction of sp³-hybridized carbons (Fsp3) is 1.00. The van der Waals surface area contributed by atoms with Gasteiger partial charge in [0.15, 0.2) is 0 Å². The van der Waals surface area contributed by atoms with Crippen LogP contribution in [0.25, 0.3) is 0 Å². The van der Waals surface area contributed by atoms with E-state index >= 15 is 0 Å².